The highest BCUT2D eigenvalue weighted by molar-refractivity contribution is 7.15. The first-order valence-corrected chi connectivity index (χ1v) is 7.49. The molecule has 0 saturated carbocycles. The smallest absolute Gasteiger partial charge is 0.269 e. The number of carbonyl (C=O) groups is 1. The minimum absolute atomic E-state index is 0.0312. The van der Waals surface area contributed by atoms with Crippen LogP contribution in [0.15, 0.2) is 24.3 Å². The van der Waals surface area contributed by atoms with E-state index in [1.807, 2.05) is 0 Å². The standard InChI is InChI=1S/C14H13N3O3S/c18-13(9-5-7-10(8-6-9)17(19)20)16-14-15-11-3-1-2-4-12(11)21-14/h5-8H,1-4H2,(H,15,16,18). The molecule has 21 heavy (non-hydrogen) atoms. The Bertz CT molecular complexity index is 670. The summed E-state index contributed by atoms with van der Waals surface area (Å²) in [6, 6.07) is 5.53. The summed E-state index contributed by atoms with van der Waals surface area (Å²) in [5.74, 6) is -0.295. The Morgan fingerprint density at radius 1 is 1.24 bits per heavy atom. The van der Waals surface area contributed by atoms with Gasteiger partial charge in [0.2, 0.25) is 0 Å². The van der Waals surface area contributed by atoms with Gasteiger partial charge in [0.25, 0.3) is 11.6 Å². The molecule has 6 nitrogen and oxygen atoms in total. The second-order valence-corrected chi connectivity index (χ2v) is 5.94. The fourth-order valence-electron chi connectivity index (χ4n) is 2.31. The maximum atomic E-state index is 12.1. The Kier molecular flexibility index (Phi) is 3.66. The van der Waals surface area contributed by atoms with Gasteiger partial charge >= 0.3 is 0 Å². The molecule has 0 saturated heterocycles. The summed E-state index contributed by atoms with van der Waals surface area (Å²) in [4.78, 5) is 27.9. The molecule has 0 radical (unpaired) electrons. The highest BCUT2D eigenvalue weighted by Crippen LogP contribution is 2.29. The average Bonchev–Trinajstić information content (AvgIpc) is 2.89. The van der Waals surface area contributed by atoms with Gasteiger partial charge in [0, 0.05) is 22.6 Å². The van der Waals surface area contributed by atoms with Crippen LogP contribution in [0.4, 0.5) is 10.8 Å². The van der Waals surface area contributed by atoms with Gasteiger partial charge in [0.1, 0.15) is 0 Å². The highest BCUT2D eigenvalue weighted by Gasteiger charge is 2.17. The number of carbonyl (C=O) groups excluding carboxylic acids is 1. The molecule has 1 aromatic heterocycles. The van der Waals surface area contributed by atoms with Crippen molar-refractivity contribution in [2.75, 3.05) is 5.32 Å². The predicted octanol–water partition coefficient (Wildman–Crippen LogP) is 3.18. The van der Waals surface area contributed by atoms with Crippen molar-refractivity contribution in [1.29, 1.82) is 0 Å². The molecule has 2 aromatic rings. The van der Waals surface area contributed by atoms with Gasteiger partial charge in [-0.05, 0) is 37.8 Å². The lowest BCUT2D eigenvalue weighted by Crippen LogP contribution is -2.11. The normalized spacial score (nSPS) is 13.5. The second-order valence-electron chi connectivity index (χ2n) is 4.85. The van der Waals surface area contributed by atoms with Crippen LogP contribution in [0.2, 0.25) is 0 Å². The Balaban J connectivity index is 1.73. The minimum atomic E-state index is -0.490. The molecular formula is C14H13N3O3S. The van der Waals surface area contributed by atoms with Crippen LogP contribution in [0.5, 0.6) is 0 Å². The SMILES string of the molecule is O=C(Nc1nc2c(s1)CCCC2)c1ccc([N+](=O)[O-])cc1. The minimum Gasteiger partial charge on any atom is -0.298 e. The van der Waals surface area contributed by atoms with Gasteiger partial charge in [-0.3, -0.25) is 20.2 Å². The molecule has 3 rings (SSSR count). The van der Waals surface area contributed by atoms with Crippen LogP contribution in [-0.2, 0) is 12.8 Å². The van der Waals surface area contributed by atoms with Gasteiger partial charge in [-0.25, -0.2) is 4.98 Å². The first-order valence-electron chi connectivity index (χ1n) is 6.68. The molecule has 1 N–H and O–H groups in total. The maximum absolute atomic E-state index is 12.1. The molecule has 1 amide bonds. The number of hydrogen-bond donors (Lipinski definition) is 1. The molecule has 1 heterocycles. The van der Waals surface area contributed by atoms with E-state index in [4.69, 9.17) is 0 Å². The lowest BCUT2D eigenvalue weighted by atomic mass is 10.0. The van der Waals surface area contributed by atoms with Crippen LogP contribution in [0.1, 0.15) is 33.8 Å². The van der Waals surface area contributed by atoms with Crippen LogP contribution in [-0.4, -0.2) is 15.8 Å². The molecule has 0 unspecified atom stereocenters. The van der Waals surface area contributed by atoms with Crippen LogP contribution >= 0.6 is 11.3 Å². The van der Waals surface area contributed by atoms with Crippen molar-refractivity contribution >= 4 is 28.1 Å². The molecule has 1 aliphatic rings. The predicted molar refractivity (Wildman–Crippen MR) is 79.8 cm³/mol. The number of nitrogens with zero attached hydrogens (tertiary/aromatic N) is 2. The van der Waals surface area contributed by atoms with E-state index in [1.165, 1.54) is 46.9 Å². The number of anilines is 1. The van der Waals surface area contributed by atoms with Gasteiger partial charge in [-0.2, -0.15) is 0 Å². The maximum Gasteiger partial charge on any atom is 0.269 e. The van der Waals surface area contributed by atoms with E-state index in [1.54, 1.807) is 0 Å². The third-order valence-corrected chi connectivity index (χ3v) is 4.48. The van der Waals surface area contributed by atoms with E-state index in [-0.39, 0.29) is 11.6 Å². The number of thiazole rings is 1. The van der Waals surface area contributed by atoms with Crippen LogP contribution in [0.25, 0.3) is 0 Å². The first-order chi connectivity index (χ1) is 10.1. The zero-order chi connectivity index (χ0) is 14.8. The molecule has 0 aliphatic heterocycles. The number of nitro groups is 1. The molecule has 0 spiro atoms. The highest BCUT2D eigenvalue weighted by atomic mass is 32.1. The third-order valence-electron chi connectivity index (χ3n) is 3.41. The number of hydrogen-bond acceptors (Lipinski definition) is 5. The van der Waals surface area contributed by atoms with Crippen molar-refractivity contribution in [3.8, 4) is 0 Å². The van der Waals surface area contributed by atoms with Crippen molar-refractivity contribution in [2.24, 2.45) is 0 Å². The number of nitro benzene ring substituents is 1. The number of nitrogens with one attached hydrogen (secondary N) is 1. The average molecular weight is 303 g/mol. The van der Waals surface area contributed by atoms with Crippen molar-refractivity contribution in [3.63, 3.8) is 0 Å². The van der Waals surface area contributed by atoms with Gasteiger partial charge in [0.05, 0.1) is 10.6 Å². The number of benzene rings is 1. The fourth-order valence-corrected chi connectivity index (χ4v) is 3.35. The van der Waals surface area contributed by atoms with E-state index < -0.39 is 4.92 Å². The summed E-state index contributed by atoms with van der Waals surface area (Å²) in [6.45, 7) is 0. The zero-order valence-corrected chi connectivity index (χ0v) is 12.0. The summed E-state index contributed by atoms with van der Waals surface area (Å²) in [6.07, 6.45) is 4.32. The fraction of sp³-hybridized carbons (Fsp3) is 0.286. The van der Waals surface area contributed by atoms with Gasteiger partial charge in [-0.15, -0.1) is 11.3 Å². The van der Waals surface area contributed by atoms with E-state index in [9.17, 15) is 14.9 Å². The molecule has 0 bridgehead atoms. The van der Waals surface area contributed by atoms with Crippen LogP contribution in [0, 0.1) is 10.1 Å². The molecule has 1 aliphatic carbocycles. The van der Waals surface area contributed by atoms with Crippen molar-refractivity contribution in [1.82, 2.24) is 4.98 Å². The summed E-state index contributed by atoms with van der Waals surface area (Å²) in [7, 11) is 0. The Hall–Kier alpha value is -2.28. The van der Waals surface area contributed by atoms with Crippen molar-refractivity contribution in [2.45, 2.75) is 25.7 Å². The van der Waals surface area contributed by atoms with Crippen molar-refractivity contribution < 1.29 is 9.72 Å². The van der Waals surface area contributed by atoms with E-state index >= 15 is 0 Å². The summed E-state index contributed by atoms with van der Waals surface area (Å²) in [5.41, 5.74) is 1.44. The van der Waals surface area contributed by atoms with Crippen LogP contribution in [0.3, 0.4) is 0 Å². The van der Waals surface area contributed by atoms with Crippen LogP contribution < -0.4 is 5.32 Å². The molecule has 7 heteroatoms. The number of aromatic nitrogens is 1. The largest absolute Gasteiger partial charge is 0.298 e. The number of aryl methyl sites for hydroxylation is 2. The zero-order valence-electron chi connectivity index (χ0n) is 11.2. The third kappa shape index (κ3) is 2.92. The molecule has 108 valence electrons. The number of rotatable bonds is 3. The summed E-state index contributed by atoms with van der Waals surface area (Å²) >= 11 is 1.52. The number of non-ortho nitro benzene ring substituents is 1. The molecule has 0 fully saturated rings. The number of fused-ring (bicyclic) bond motifs is 1. The van der Waals surface area contributed by atoms with E-state index in [0.29, 0.717) is 10.7 Å². The molecule has 1 aromatic carbocycles. The van der Waals surface area contributed by atoms with Gasteiger partial charge in [0.15, 0.2) is 5.13 Å². The molecule has 0 atom stereocenters. The summed E-state index contributed by atoms with van der Waals surface area (Å²) in [5, 5.41) is 13.9. The van der Waals surface area contributed by atoms with Gasteiger partial charge in [-0.1, -0.05) is 0 Å². The second kappa shape index (κ2) is 5.61. The lowest BCUT2D eigenvalue weighted by Gasteiger charge is -2.06. The quantitative estimate of drug-likeness (QED) is 0.697. The van der Waals surface area contributed by atoms with E-state index in [0.717, 1.165) is 25.0 Å². The lowest BCUT2D eigenvalue weighted by molar-refractivity contribution is -0.384. The van der Waals surface area contributed by atoms with E-state index in [2.05, 4.69) is 10.3 Å². The topological polar surface area (TPSA) is 85.1 Å². The monoisotopic (exact) mass is 303 g/mol. The Labute approximate surface area is 125 Å². The van der Waals surface area contributed by atoms with Crippen molar-refractivity contribution in [3.05, 3.63) is 50.5 Å². The Morgan fingerprint density at radius 3 is 2.62 bits per heavy atom. The van der Waals surface area contributed by atoms with Gasteiger partial charge < -0.3 is 0 Å². The molecular weight excluding hydrogens is 290 g/mol. The first kappa shape index (κ1) is 13.7. The summed E-state index contributed by atoms with van der Waals surface area (Å²) < 4.78 is 0. The number of amides is 1. The Morgan fingerprint density at radius 2 is 1.95 bits per heavy atom.